The summed E-state index contributed by atoms with van der Waals surface area (Å²) in [6, 6.07) is 7.67. The zero-order valence-corrected chi connectivity index (χ0v) is 10.8. The minimum absolute atomic E-state index is 0.0252. The van der Waals surface area contributed by atoms with Gasteiger partial charge in [-0.25, -0.2) is 0 Å². The highest BCUT2D eigenvalue weighted by molar-refractivity contribution is 5.81. The Balaban J connectivity index is 1.97. The van der Waals surface area contributed by atoms with Crippen LogP contribution in [0.5, 0.6) is 11.5 Å². The lowest BCUT2D eigenvalue weighted by molar-refractivity contribution is -0.128. The minimum atomic E-state index is -0.433. The molecule has 1 aromatic rings. The summed E-state index contributed by atoms with van der Waals surface area (Å²) in [7, 11) is 1.61. The van der Waals surface area contributed by atoms with Crippen molar-refractivity contribution >= 4 is 5.91 Å². The van der Waals surface area contributed by atoms with Gasteiger partial charge in [0.2, 0.25) is 0 Å². The Hall–Kier alpha value is -1.71. The van der Waals surface area contributed by atoms with Crippen molar-refractivity contribution in [1.29, 1.82) is 0 Å². The van der Waals surface area contributed by atoms with Gasteiger partial charge in [0.1, 0.15) is 11.5 Å². The Labute approximate surface area is 107 Å². The lowest BCUT2D eigenvalue weighted by Gasteiger charge is -2.17. The average Bonchev–Trinajstić information content (AvgIpc) is 3.20. The lowest BCUT2D eigenvalue weighted by atomic mass is 10.2. The van der Waals surface area contributed by atoms with E-state index in [1.165, 1.54) is 0 Å². The van der Waals surface area contributed by atoms with Gasteiger partial charge < -0.3 is 14.8 Å². The monoisotopic (exact) mass is 249 g/mol. The highest BCUT2D eigenvalue weighted by Crippen LogP contribution is 2.22. The Bertz CT molecular complexity index is 415. The number of hydrogen-bond acceptors (Lipinski definition) is 3. The average molecular weight is 249 g/mol. The highest BCUT2D eigenvalue weighted by Gasteiger charge is 2.27. The van der Waals surface area contributed by atoms with Crippen LogP contribution >= 0.6 is 0 Å². The quantitative estimate of drug-likeness (QED) is 0.840. The van der Waals surface area contributed by atoms with E-state index in [1.54, 1.807) is 13.2 Å². The molecule has 1 aliphatic carbocycles. The number of hydrogen-bond donors (Lipinski definition) is 1. The maximum absolute atomic E-state index is 11.9. The van der Waals surface area contributed by atoms with E-state index in [0.29, 0.717) is 18.2 Å². The molecule has 18 heavy (non-hydrogen) atoms. The Kier molecular flexibility index (Phi) is 4.07. The van der Waals surface area contributed by atoms with Gasteiger partial charge in [0.15, 0.2) is 6.10 Å². The van der Waals surface area contributed by atoms with Gasteiger partial charge in [0.25, 0.3) is 5.91 Å². The molecule has 0 heterocycles. The molecule has 1 aliphatic rings. The van der Waals surface area contributed by atoms with Crippen molar-refractivity contribution in [2.45, 2.75) is 38.3 Å². The van der Waals surface area contributed by atoms with Crippen molar-refractivity contribution in [2.75, 3.05) is 7.11 Å². The van der Waals surface area contributed by atoms with E-state index in [0.717, 1.165) is 18.6 Å². The van der Waals surface area contributed by atoms with Crippen LogP contribution in [0.1, 0.15) is 26.2 Å². The van der Waals surface area contributed by atoms with Crippen molar-refractivity contribution in [3.05, 3.63) is 24.3 Å². The molecule has 0 unspecified atom stereocenters. The first kappa shape index (κ1) is 12.7. The number of carbonyl (C=O) groups is 1. The molecule has 1 N–H and O–H groups in total. The SMILES string of the molecule is CC[C@H](Oc1cccc(OC)c1)C(=O)NC1CC1. The summed E-state index contributed by atoms with van der Waals surface area (Å²) in [6.45, 7) is 1.94. The molecule has 2 rings (SSSR count). The summed E-state index contributed by atoms with van der Waals surface area (Å²) in [4.78, 5) is 11.9. The molecule has 1 fully saturated rings. The number of ether oxygens (including phenoxy) is 2. The molecule has 1 atom stereocenters. The Morgan fingerprint density at radius 1 is 1.44 bits per heavy atom. The van der Waals surface area contributed by atoms with E-state index in [9.17, 15) is 4.79 Å². The first-order valence-corrected chi connectivity index (χ1v) is 6.34. The number of amides is 1. The fourth-order valence-electron chi connectivity index (χ4n) is 1.68. The normalized spacial score (nSPS) is 15.9. The highest BCUT2D eigenvalue weighted by atomic mass is 16.5. The van der Waals surface area contributed by atoms with Crippen LogP contribution in [0, 0.1) is 0 Å². The molecule has 1 amide bonds. The molecular formula is C14H19NO3. The van der Waals surface area contributed by atoms with Crippen LogP contribution in [0.2, 0.25) is 0 Å². The van der Waals surface area contributed by atoms with Crippen LogP contribution < -0.4 is 14.8 Å². The third-order valence-electron chi connectivity index (χ3n) is 2.91. The summed E-state index contributed by atoms with van der Waals surface area (Å²) < 4.78 is 10.8. The zero-order valence-electron chi connectivity index (χ0n) is 10.8. The lowest BCUT2D eigenvalue weighted by Crippen LogP contribution is -2.39. The third-order valence-corrected chi connectivity index (χ3v) is 2.91. The number of rotatable bonds is 6. The number of carbonyl (C=O) groups excluding carboxylic acids is 1. The van der Waals surface area contributed by atoms with Crippen LogP contribution in [0.3, 0.4) is 0 Å². The predicted molar refractivity (Wildman–Crippen MR) is 68.9 cm³/mol. The Morgan fingerprint density at radius 2 is 2.17 bits per heavy atom. The maximum Gasteiger partial charge on any atom is 0.261 e. The predicted octanol–water partition coefficient (Wildman–Crippen LogP) is 2.13. The third kappa shape index (κ3) is 3.39. The molecule has 98 valence electrons. The van der Waals surface area contributed by atoms with Crippen LogP contribution in [0.4, 0.5) is 0 Å². The molecule has 4 nitrogen and oxygen atoms in total. The van der Waals surface area contributed by atoms with Crippen LogP contribution in [0.15, 0.2) is 24.3 Å². The molecule has 0 bridgehead atoms. The molecule has 1 aromatic carbocycles. The summed E-state index contributed by atoms with van der Waals surface area (Å²) >= 11 is 0. The maximum atomic E-state index is 11.9. The summed E-state index contributed by atoms with van der Waals surface area (Å²) in [5.74, 6) is 1.36. The first-order chi connectivity index (χ1) is 8.72. The molecule has 0 radical (unpaired) electrons. The summed E-state index contributed by atoms with van der Waals surface area (Å²) in [5.41, 5.74) is 0. The fourth-order valence-corrected chi connectivity index (χ4v) is 1.68. The van der Waals surface area contributed by atoms with E-state index < -0.39 is 6.10 Å². The molecular weight excluding hydrogens is 230 g/mol. The summed E-state index contributed by atoms with van der Waals surface area (Å²) in [6.07, 6.45) is 2.39. The van der Waals surface area contributed by atoms with Crippen molar-refractivity contribution in [3.63, 3.8) is 0 Å². The standard InChI is InChI=1S/C14H19NO3/c1-3-13(14(16)15-10-7-8-10)18-12-6-4-5-11(9-12)17-2/h4-6,9-10,13H,3,7-8H2,1-2H3,(H,15,16)/t13-/m0/s1. The van der Waals surface area contributed by atoms with Gasteiger partial charge in [-0.2, -0.15) is 0 Å². The van der Waals surface area contributed by atoms with Crippen molar-refractivity contribution in [1.82, 2.24) is 5.32 Å². The largest absolute Gasteiger partial charge is 0.497 e. The number of benzene rings is 1. The fraction of sp³-hybridized carbons (Fsp3) is 0.500. The van der Waals surface area contributed by atoms with Crippen molar-refractivity contribution in [3.8, 4) is 11.5 Å². The van der Waals surface area contributed by atoms with Crippen LogP contribution in [0.25, 0.3) is 0 Å². The number of methoxy groups -OCH3 is 1. The van der Waals surface area contributed by atoms with Gasteiger partial charge >= 0.3 is 0 Å². The molecule has 4 heteroatoms. The van der Waals surface area contributed by atoms with Crippen molar-refractivity contribution < 1.29 is 14.3 Å². The second-order valence-electron chi connectivity index (χ2n) is 4.48. The van der Waals surface area contributed by atoms with E-state index in [4.69, 9.17) is 9.47 Å². The van der Waals surface area contributed by atoms with Gasteiger partial charge in [-0.15, -0.1) is 0 Å². The van der Waals surface area contributed by atoms with Crippen molar-refractivity contribution in [2.24, 2.45) is 0 Å². The second kappa shape index (κ2) is 5.76. The van der Waals surface area contributed by atoms with Gasteiger partial charge in [-0.1, -0.05) is 13.0 Å². The second-order valence-corrected chi connectivity index (χ2v) is 4.48. The first-order valence-electron chi connectivity index (χ1n) is 6.34. The minimum Gasteiger partial charge on any atom is -0.497 e. The van der Waals surface area contributed by atoms with E-state index in [1.807, 2.05) is 25.1 Å². The number of nitrogens with one attached hydrogen (secondary N) is 1. The van der Waals surface area contributed by atoms with Gasteiger partial charge in [-0.3, -0.25) is 4.79 Å². The topological polar surface area (TPSA) is 47.6 Å². The molecule has 0 aromatic heterocycles. The zero-order chi connectivity index (χ0) is 13.0. The van der Waals surface area contributed by atoms with Crippen LogP contribution in [-0.4, -0.2) is 25.2 Å². The molecule has 0 aliphatic heterocycles. The summed E-state index contributed by atoms with van der Waals surface area (Å²) in [5, 5.41) is 2.96. The molecule has 1 saturated carbocycles. The van der Waals surface area contributed by atoms with Gasteiger partial charge in [0, 0.05) is 12.1 Å². The van der Waals surface area contributed by atoms with Crippen LogP contribution in [-0.2, 0) is 4.79 Å². The smallest absolute Gasteiger partial charge is 0.261 e. The van der Waals surface area contributed by atoms with Gasteiger partial charge in [0.05, 0.1) is 7.11 Å². The Morgan fingerprint density at radius 3 is 2.78 bits per heavy atom. The van der Waals surface area contributed by atoms with E-state index in [2.05, 4.69) is 5.32 Å². The van der Waals surface area contributed by atoms with Gasteiger partial charge in [-0.05, 0) is 31.4 Å². The molecule has 0 spiro atoms. The van der Waals surface area contributed by atoms with E-state index in [-0.39, 0.29) is 5.91 Å². The molecule has 0 saturated heterocycles. The van der Waals surface area contributed by atoms with E-state index >= 15 is 0 Å².